The first kappa shape index (κ1) is 13.0. The minimum atomic E-state index is 0.0762. The monoisotopic (exact) mass is 223 g/mol. The molecule has 1 heterocycles. The van der Waals surface area contributed by atoms with Crippen LogP contribution in [0.3, 0.4) is 0 Å². The van der Waals surface area contributed by atoms with E-state index in [4.69, 9.17) is 5.26 Å². The van der Waals surface area contributed by atoms with Gasteiger partial charge in [-0.2, -0.15) is 5.26 Å². The molecule has 0 radical (unpaired) electrons. The van der Waals surface area contributed by atoms with Crippen molar-refractivity contribution in [3.63, 3.8) is 0 Å². The molecule has 0 bridgehead atoms. The van der Waals surface area contributed by atoms with Gasteiger partial charge in [0, 0.05) is 13.1 Å². The van der Waals surface area contributed by atoms with Gasteiger partial charge in [0.15, 0.2) is 0 Å². The van der Waals surface area contributed by atoms with Gasteiger partial charge in [-0.25, -0.2) is 0 Å². The molecule has 1 fully saturated rings. The fourth-order valence-corrected chi connectivity index (χ4v) is 1.88. The van der Waals surface area contributed by atoms with E-state index in [0.717, 1.165) is 32.5 Å². The topological polar surface area (TPSA) is 56.1 Å². The van der Waals surface area contributed by atoms with Gasteiger partial charge in [-0.3, -0.25) is 9.69 Å². The van der Waals surface area contributed by atoms with Crippen LogP contribution in [0.4, 0.5) is 0 Å². The molecule has 0 aromatic carbocycles. The third-order valence-electron chi connectivity index (χ3n) is 2.76. The zero-order valence-electron chi connectivity index (χ0n) is 10.2. The molecule has 1 atom stereocenters. The van der Waals surface area contributed by atoms with E-state index >= 15 is 0 Å². The molecule has 90 valence electrons. The molecule has 0 spiro atoms. The Morgan fingerprint density at radius 3 is 3.00 bits per heavy atom. The van der Waals surface area contributed by atoms with E-state index in [9.17, 15) is 4.79 Å². The van der Waals surface area contributed by atoms with Crippen LogP contribution in [0.15, 0.2) is 0 Å². The Morgan fingerprint density at radius 1 is 1.62 bits per heavy atom. The number of amides is 1. The summed E-state index contributed by atoms with van der Waals surface area (Å²) in [4.78, 5) is 13.7. The zero-order chi connectivity index (χ0) is 12.0. The number of carbonyl (C=O) groups excluding carboxylic acids is 1. The summed E-state index contributed by atoms with van der Waals surface area (Å²) in [5.74, 6) is 0.663. The van der Waals surface area contributed by atoms with Crippen molar-refractivity contribution in [2.75, 3.05) is 26.2 Å². The molecule has 0 saturated carbocycles. The Morgan fingerprint density at radius 2 is 2.38 bits per heavy atom. The third kappa shape index (κ3) is 4.63. The number of hydrogen-bond donors (Lipinski definition) is 1. The van der Waals surface area contributed by atoms with Crippen LogP contribution in [0.2, 0.25) is 0 Å². The molecule has 1 amide bonds. The molecule has 1 aliphatic rings. The maximum absolute atomic E-state index is 11.6. The van der Waals surface area contributed by atoms with Crippen LogP contribution in [0.1, 0.15) is 26.7 Å². The first-order valence-corrected chi connectivity index (χ1v) is 6.00. The van der Waals surface area contributed by atoms with Gasteiger partial charge >= 0.3 is 0 Å². The maximum Gasteiger partial charge on any atom is 0.234 e. The van der Waals surface area contributed by atoms with E-state index in [0.29, 0.717) is 12.5 Å². The minimum absolute atomic E-state index is 0.0762. The Bertz CT molecular complexity index is 270. The third-order valence-corrected chi connectivity index (χ3v) is 2.76. The Labute approximate surface area is 97.6 Å². The van der Waals surface area contributed by atoms with E-state index < -0.39 is 0 Å². The van der Waals surface area contributed by atoms with Gasteiger partial charge in [0.05, 0.1) is 18.5 Å². The number of nitriles is 1. The summed E-state index contributed by atoms with van der Waals surface area (Å²) >= 11 is 0. The van der Waals surface area contributed by atoms with Crippen LogP contribution >= 0.6 is 0 Å². The summed E-state index contributed by atoms with van der Waals surface area (Å²) in [7, 11) is 0. The van der Waals surface area contributed by atoms with Crippen LogP contribution in [-0.4, -0.2) is 37.0 Å². The molecule has 0 aromatic heterocycles. The lowest BCUT2D eigenvalue weighted by atomic mass is 10.00. The van der Waals surface area contributed by atoms with Crippen molar-refractivity contribution in [3.8, 4) is 6.07 Å². The molecule has 1 unspecified atom stereocenters. The highest BCUT2D eigenvalue weighted by Crippen LogP contribution is 2.14. The van der Waals surface area contributed by atoms with Crippen molar-refractivity contribution in [1.82, 2.24) is 10.2 Å². The number of nitrogens with one attached hydrogen (secondary N) is 1. The standard InChI is InChI=1S/C12H21N3O/c1-10(2)7-14-12(16)9-15-5-3-4-11(6-13)8-15/h10-11H,3-5,7-9H2,1-2H3,(H,14,16). The van der Waals surface area contributed by atoms with Gasteiger partial charge in [-0.05, 0) is 25.3 Å². The fourth-order valence-electron chi connectivity index (χ4n) is 1.88. The van der Waals surface area contributed by atoms with Gasteiger partial charge in [-0.1, -0.05) is 13.8 Å². The lowest BCUT2D eigenvalue weighted by molar-refractivity contribution is -0.122. The summed E-state index contributed by atoms with van der Waals surface area (Å²) in [5.41, 5.74) is 0. The highest BCUT2D eigenvalue weighted by molar-refractivity contribution is 5.78. The maximum atomic E-state index is 11.6. The summed E-state index contributed by atoms with van der Waals surface area (Å²) < 4.78 is 0. The summed E-state index contributed by atoms with van der Waals surface area (Å²) in [6.07, 6.45) is 2.00. The lowest BCUT2D eigenvalue weighted by Gasteiger charge is -2.28. The van der Waals surface area contributed by atoms with Crippen LogP contribution in [0.5, 0.6) is 0 Å². The number of carbonyl (C=O) groups is 1. The highest BCUT2D eigenvalue weighted by atomic mass is 16.2. The van der Waals surface area contributed by atoms with Crippen molar-refractivity contribution in [2.45, 2.75) is 26.7 Å². The fraction of sp³-hybridized carbons (Fsp3) is 0.833. The van der Waals surface area contributed by atoms with Crippen LogP contribution in [0.25, 0.3) is 0 Å². The van der Waals surface area contributed by atoms with E-state index in [-0.39, 0.29) is 11.8 Å². The van der Waals surface area contributed by atoms with Gasteiger partial charge in [0.2, 0.25) is 5.91 Å². The quantitative estimate of drug-likeness (QED) is 0.773. The summed E-state index contributed by atoms with van der Waals surface area (Å²) in [6.45, 7) is 7.00. The van der Waals surface area contributed by atoms with Gasteiger partial charge < -0.3 is 5.32 Å². The van der Waals surface area contributed by atoms with Crippen LogP contribution in [-0.2, 0) is 4.79 Å². The van der Waals surface area contributed by atoms with E-state index in [2.05, 4.69) is 30.1 Å². The van der Waals surface area contributed by atoms with E-state index in [1.165, 1.54) is 0 Å². The Hall–Kier alpha value is -1.08. The zero-order valence-corrected chi connectivity index (χ0v) is 10.2. The second-order valence-corrected chi connectivity index (χ2v) is 4.90. The molecule has 1 N–H and O–H groups in total. The van der Waals surface area contributed by atoms with Gasteiger partial charge in [0.1, 0.15) is 0 Å². The number of piperidine rings is 1. The first-order valence-electron chi connectivity index (χ1n) is 6.00. The molecule has 16 heavy (non-hydrogen) atoms. The molecule has 1 saturated heterocycles. The summed E-state index contributed by atoms with van der Waals surface area (Å²) in [6, 6.07) is 2.28. The second-order valence-electron chi connectivity index (χ2n) is 4.90. The number of hydrogen-bond acceptors (Lipinski definition) is 3. The average molecular weight is 223 g/mol. The van der Waals surface area contributed by atoms with Crippen LogP contribution < -0.4 is 5.32 Å². The second kappa shape index (κ2) is 6.49. The predicted molar refractivity (Wildman–Crippen MR) is 62.6 cm³/mol. The van der Waals surface area contributed by atoms with E-state index in [1.807, 2.05) is 0 Å². The van der Waals surface area contributed by atoms with Crippen molar-refractivity contribution in [1.29, 1.82) is 5.26 Å². The van der Waals surface area contributed by atoms with Gasteiger partial charge in [-0.15, -0.1) is 0 Å². The Balaban J connectivity index is 2.25. The average Bonchev–Trinajstić information content (AvgIpc) is 2.26. The molecular weight excluding hydrogens is 202 g/mol. The summed E-state index contributed by atoms with van der Waals surface area (Å²) in [5, 5.41) is 11.7. The molecule has 0 aliphatic carbocycles. The molecule has 1 aliphatic heterocycles. The molecule has 4 nitrogen and oxygen atoms in total. The highest BCUT2D eigenvalue weighted by Gasteiger charge is 2.20. The number of rotatable bonds is 4. The smallest absolute Gasteiger partial charge is 0.234 e. The molecule has 0 aromatic rings. The Kier molecular flexibility index (Phi) is 5.27. The molecular formula is C12H21N3O. The van der Waals surface area contributed by atoms with Crippen molar-refractivity contribution < 1.29 is 4.79 Å². The largest absolute Gasteiger partial charge is 0.355 e. The van der Waals surface area contributed by atoms with E-state index in [1.54, 1.807) is 0 Å². The minimum Gasteiger partial charge on any atom is -0.355 e. The lowest BCUT2D eigenvalue weighted by Crippen LogP contribution is -2.43. The van der Waals surface area contributed by atoms with Gasteiger partial charge in [0.25, 0.3) is 0 Å². The number of nitrogens with zero attached hydrogens (tertiary/aromatic N) is 2. The normalized spacial score (nSPS) is 21.8. The van der Waals surface area contributed by atoms with Crippen LogP contribution in [0, 0.1) is 23.2 Å². The van der Waals surface area contributed by atoms with Crippen molar-refractivity contribution >= 4 is 5.91 Å². The SMILES string of the molecule is CC(C)CNC(=O)CN1CCCC(C#N)C1. The van der Waals surface area contributed by atoms with Crippen molar-refractivity contribution in [2.24, 2.45) is 11.8 Å². The van der Waals surface area contributed by atoms with Crippen molar-refractivity contribution in [3.05, 3.63) is 0 Å². The first-order chi connectivity index (χ1) is 7.61. The molecule has 1 rings (SSSR count). The number of likely N-dealkylation sites (tertiary alicyclic amines) is 1. The predicted octanol–water partition coefficient (Wildman–Crippen LogP) is 0.994. The molecule has 4 heteroatoms.